The zero-order valence-corrected chi connectivity index (χ0v) is 19.3. The van der Waals surface area contributed by atoms with E-state index in [2.05, 4.69) is 4.98 Å². The van der Waals surface area contributed by atoms with Crippen LogP contribution in [0.4, 0.5) is 0 Å². The molecule has 3 aromatic rings. The van der Waals surface area contributed by atoms with Crippen LogP contribution in [0.5, 0.6) is 17.2 Å². The van der Waals surface area contributed by atoms with Gasteiger partial charge in [0, 0.05) is 43.2 Å². The van der Waals surface area contributed by atoms with E-state index in [9.17, 15) is 9.59 Å². The van der Waals surface area contributed by atoms with Crippen LogP contribution in [-0.4, -0.2) is 67.0 Å². The fourth-order valence-electron chi connectivity index (χ4n) is 3.63. The van der Waals surface area contributed by atoms with Gasteiger partial charge in [-0.25, -0.2) is 4.98 Å². The van der Waals surface area contributed by atoms with Crippen molar-refractivity contribution in [3.05, 3.63) is 70.2 Å². The number of methoxy groups -OCH3 is 2. The first kappa shape index (κ1) is 22.6. The number of piperazine rings is 1. The molecule has 1 aliphatic rings. The highest BCUT2D eigenvalue weighted by Gasteiger charge is 2.27. The van der Waals surface area contributed by atoms with Crippen molar-refractivity contribution in [1.29, 1.82) is 0 Å². The van der Waals surface area contributed by atoms with Gasteiger partial charge < -0.3 is 24.0 Å². The van der Waals surface area contributed by atoms with Crippen LogP contribution < -0.4 is 14.2 Å². The maximum atomic E-state index is 13.0. The van der Waals surface area contributed by atoms with Gasteiger partial charge >= 0.3 is 0 Å². The normalized spacial score (nSPS) is 13.5. The van der Waals surface area contributed by atoms with Crippen LogP contribution >= 0.6 is 11.3 Å². The van der Waals surface area contributed by atoms with Crippen molar-refractivity contribution in [3.63, 3.8) is 0 Å². The van der Waals surface area contributed by atoms with Gasteiger partial charge in [-0.3, -0.25) is 9.59 Å². The fraction of sp³-hybridized carbons (Fsp3) is 0.292. The zero-order chi connectivity index (χ0) is 23.2. The Hall–Kier alpha value is -3.59. The van der Waals surface area contributed by atoms with E-state index >= 15 is 0 Å². The molecule has 0 bridgehead atoms. The molecule has 172 valence electrons. The molecule has 0 atom stereocenters. The van der Waals surface area contributed by atoms with Gasteiger partial charge in [-0.2, -0.15) is 0 Å². The second-order valence-corrected chi connectivity index (χ2v) is 8.17. The number of benzene rings is 2. The summed E-state index contributed by atoms with van der Waals surface area (Å²) in [5.41, 5.74) is 3.64. The van der Waals surface area contributed by atoms with Crippen molar-refractivity contribution in [2.24, 2.45) is 0 Å². The molecule has 0 spiro atoms. The Morgan fingerprint density at radius 2 is 1.70 bits per heavy atom. The predicted octanol–water partition coefficient (Wildman–Crippen LogP) is 3.34. The highest BCUT2D eigenvalue weighted by Crippen LogP contribution is 2.26. The van der Waals surface area contributed by atoms with E-state index in [1.165, 1.54) is 18.4 Å². The second-order valence-electron chi connectivity index (χ2n) is 7.45. The molecule has 0 radical (unpaired) electrons. The van der Waals surface area contributed by atoms with Crippen molar-refractivity contribution >= 4 is 23.2 Å². The van der Waals surface area contributed by atoms with E-state index in [0.717, 1.165) is 5.69 Å². The molecule has 2 amide bonds. The summed E-state index contributed by atoms with van der Waals surface area (Å²) in [4.78, 5) is 33.7. The van der Waals surface area contributed by atoms with Crippen molar-refractivity contribution in [1.82, 2.24) is 14.8 Å². The predicted molar refractivity (Wildman–Crippen MR) is 124 cm³/mol. The lowest BCUT2D eigenvalue weighted by Crippen LogP contribution is -2.50. The van der Waals surface area contributed by atoms with Gasteiger partial charge in [-0.05, 0) is 30.3 Å². The van der Waals surface area contributed by atoms with Gasteiger partial charge in [0.15, 0.2) is 0 Å². The topological polar surface area (TPSA) is 81.2 Å². The van der Waals surface area contributed by atoms with E-state index < -0.39 is 0 Å². The number of ether oxygens (including phenoxy) is 3. The minimum Gasteiger partial charge on any atom is -0.497 e. The maximum absolute atomic E-state index is 13.0. The zero-order valence-electron chi connectivity index (χ0n) is 18.5. The molecule has 4 rings (SSSR count). The Morgan fingerprint density at radius 3 is 2.36 bits per heavy atom. The molecule has 9 heteroatoms. The lowest BCUT2D eigenvalue weighted by molar-refractivity contribution is 0.0533. The number of nitrogens with zero attached hydrogens (tertiary/aromatic N) is 3. The lowest BCUT2D eigenvalue weighted by atomic mass is 10.1. The van der Waals surface area contributed by atoms with Gasteiger partial charge in [0.2, 0.25) is 0 Å². The highest BCUT2D eigenvalue weighted by atomic mass is 32.1. The van der Waals surface area contributed by atoms with Crippen molar-refractivity contribution in [2.75, 3.05) is 40.4 Å². The van der Waals surface area contributed by atoms with E-state index in [4.69, 9.17) is 14.2 Å². The summed E-state index contributed by atoms with van der Waals surface area (Å²) in [6.45, 7) is 2.15. The Bertz CT molecular complexity index is 1110. The molecule has 33 heavy (non-hydrogen) atoms. The highest BCUT2D eigenvalue weighted by molar-refractivity contribution is 7.07. The van der Waals surface area contributed by atoms with Crippen molar-refractivity contribution in [3.8, 4) is 17.2 Å². The molecule has 0 aliphatic carbocycles. The third-order valence-electron chi connectivity index (χ3n) is 5.44. The first-order valence-electron chi connectivity index (χ1n) is 10.5. The van der Waals surface area contributed by atoms with Crippen LogP contribution in [0.2, 0.25) is 0 Å². The summed E-state index contributed by atoms with van der Waals surface area (Å²) in [7, 11) is 3.09. The Kier molecular flexibility index (Phi) is 7.09. The Balaban J connectivity index is 1.36. The molecule has 1 aliphatic heterocycles. The van der Waals surface area contributed by atoms with E-state index in [-0.39, 0.29) is 11.8 Å². The van der Waals surface area contributed by atoms with Crippen LogP contribution in [0.3, 0.4) is 0 Å². The maximum Gasteiger partial charge on any atom is 0.257 e. The van der Waals surface area contributed by atoms with Crippen LogP contribution in [0.25, 0.3) is 0 Å². The minimum atomic E-state index is -0.126. The second kappa shape index (κ2) is 10.4. The van der Waals surface area contributed by atoms with Gasteiger partial charge in [0.25, 0.3) is 11.8 Å². The molecular weight excluding hydrogens is 442 g/mol. The summed E-state index contributed by atoms with van der Waals surface area (Å²) < 4.78 is 16.3. The van der Waals surface area contributed by atoms with Crippen LogP contribution in [0.1, 0.15) is 26.4 Å². The number of hydrogen-bond donors (Lipinski definition) is 0. The Morgan fingerprint density at radius 1 is 0.939 bits per heavy atom. The number of carbonyl (C=O) groups excluding carboxylic acids is 2. The molecule has 2 aromatic carbocycles. The molecule has 8 nitrogen and oxygen atoms in total. The third kappa shape index (κ3) is 5.25. The molecule has 0 saturated carbocycles. The average Bonchev–Trinajstić information content (AvgIpc) is 3.40. The first-order valence-corrected chi connectivity index (χ1v) is 11.4. The quantitative estimate of drug-likeness (QED) is 0.530. The number of hydrogen-bond acceptors (Lipinski definition) is 7. The average molecular weight is 468 g/mol. The van der Waals surface area contributed by atoms with Gasteiger partial charge in [0.05, 0.1) is 31.0 Å². The standard InChI is InChI=1S/C24H25N3O5S/c1-30-19-6-7-21(22(13-19)31-2)24(29)27-10-8-26(9-11-27)23(28)17-4-3-5-20(12-17)32-14-18-15-33-16-25-18/h3-7,12-13,15-16H,8-11,14H2,1-2H3. The van der Waals surface area contributed by atoms with Gasteiger partial charge in [-0.15, -0.1) is 11.3 Å². The van der Waals surface area contributed by atoms with Gasteiger partial charge in [-0.1, -0.05) is 6.07 Å². The van der Waals surface area contributed by atoms with Gasteiger partial charge in [0.1, 0.15) is 23.9 Å². The molecule has 1 fully saturated rings. The molecule has 2 heterocycles. The van der Waals surface area contributed by atoms with Crippen LogP contribution in [0, 0.1) is 0 Å². The largest absolute Gasteiger partial charge is 0.497 e. The summed E-state index contributed by atoms with van der Waals surface area (Å²) in [5, 5.41) is 1.93. The summed E-state index contributed by atoms with van der Waals surface area (Å²) in [5.74, 6) is 1.50. The third-order valence-corrected chi connectivity index (χ3v) is 6.08. The molecule has 1 saturated heterocycles. The van der Waals surface area contributed by atoms with E-state index in [0.29, 0.717) is 61.2 Å². The smallest absolute Gasteiger partial charge is 0.257 e. The number of amides is 2. The van der Waals surface area contributed by atoms with Crippen molar-refractivity contribution < 1.29 is 23.8 Å². The minimum absolute atomic E-state index is 0.0803. The van der Waals surface area contributed by atoms with Crippen molar-refractivity contribution in [2.45, 2.75) is 6.61 Å². The summed E-state index contributed by atoms with van der Waals surface area (Å²) in [6.07, 6.45) is 0. The SMILES string of the molecule is COc1ccc(C(=O)N2CCN(C(=O)c3cccc(OCc4cscn4)c3)CC2)c(OC)c1. The number of thiazole rings is 1. The molecule has 0 N–H and O–H groups in total. The van der Waals surface area contributed by atoms with Crippen LogP contribution in [0.15, 0.2) is 53.4 Å². The first-order chi connectivity index (χ1) is 16.1. The molecular formula is C24H25N3O5S. The monoisotopic (exact) mass is 467 g/mol. The number of carbonyl (C=O) groups is 2. The van der Waals surface area contributed by atoms with E-state index in [1.807, 2.05) is 11.4 Å². The fourth-order valence-corrected chi connectivity index (χ4v) is 4.17. The number of aromatic nitrogens is 1. The lowest BCUT2D eigenvalue weighted by Gasteiger charge is -2.35. The molecule has 0 unspecified atom stereocenters. The Labute approximate surface area is 196 Å². The summed E-state index contributed by atoms with van der Waals surface area (Å²) >= 11 is 1.51. The molecule has 1 aromatic heterocycles. The summed E-state index contributed by atoms with van der Waals surface area (Å²) in [6, 6.07) is 12.3. The van der Waals surface area contributed by atoms with E-state index in [1.54, 1.807) is 58.8 Å². The van der Waals surface area contributed by atoms with Crippen LogP contribution in [-0.2, 0) is 6.61 Å². The number of rotatable bonds is 7.